The molecule has 0 aliphatic carbocycles. The smallest absolute Gasteiger partial charge is 0.266 e. The monoisotopic (exact) mass is 338 g/mol. The Morgan fingerprint density at radius 3 is 2.96 bits per heavy atom. The fourth-order valence-electron chi connectivity index (χ4n) is 3.21. The standard InChI is InChI=1S/C18H22N6O/c19-13-15-5-3-8-20-18(15)21-14-16-6-1-2-10-23(16)11-12-24-17(25)7-4-9-22-24/h3-5,7-9,16H,1-2,6,10-12,14H2,(H,20,21). The number of likely N-dealkylation sites (tertiary alicyclic amines) is 1. The zero-order valence-corrected chi connectivity index (χ0v) is 14.1. The molecule has 25 heavy (non-hydrogen) atoms. The van der Waals surface area contributed by atoms with Gasteiger partial charge in [0.1, 0.15) is 11.9 Å². The van der Waals surface area contributed by atoms with Crippen molar-refractivity contribution in [1.29, 1.82) is 5.26 Å². The van der Waals surface area contributed by atoms with E-state index in [9.17, 15) is 4.79 Å². The first-order valence-electron chi connectivity index (χ1n) is 8.63. The fourth-order valence-corrected chi connectivity index (χ4v) is 3.21. The van der Waals surface area contributed by atoms with Crippen molar-refractivity contribution < 1.29 is 0 Å². The average molecular weight is 338 g/mol. The molecule has 1 fully saturated rings. The van der Waals surface area contributed by atoms with Gasteiger partial charge < -0.3 is 5.32 Å². The summed E-state index contributed by atoms with van der Waals surface area (Å²) in [5, 5.41) is 16.6. The van der Waals surface area contributed by atoms with E-state index in [1.54, 1.807) is 30.6 Å². The summed E-state index contributed by atoms with van der Waals surface area (Å²) in [6.07, 6.45) is 6.79. The third-order valence-corrected chi connectivity index (χ3v) is 4.57. The molecule has 3 heterocycles. The van der Waals surface area contributed by atoms with Crippen LogP contribution in [0, 0.1) is 11.3 Å². The van der Waals surface area contributed by atoms with E-state index in [4.69, 9.17) is 5.26 Å². The van der Waals surface area contributed by atoms with Crippen molar-refractivity contribution in [2.24, 2.45) is 0 Å². The maximum atomic E-state index is 11.8. The maximum Gasteiger partial charge on any atom is 0.266 e. The van der Waals surface area contributed by atoms with E-state index in [1.807, 2.05) is 0 Å². The van der Waals surface area contributed by atoms with Crippen LogP contribution in [0.3, 0.4) is 0 Å². The summed E-state index contributed by atoms with van der Waals surface area (Å²) in [5.41, 5.74) is 0.492. The lowest BCUT2D eigenvalue weighted by atomic mass is 10.0. The van der Waals surface area contributed by atoms with Gasteiger partial charge in [0.15, 0.2) is 0 Å². The van der Waals surface area contributed by atoms with Crippen LogP contribution in [0.1, 0.15) is 24.8 Å². The van der Waals surface area contributed by atoms with Crippen LogP contribution in [0.25, 0.3) is 0 Å². The highest BCUT2D eigenvalue weighted by molar-refractivity contribution is 5.51. The van der Waals surface area contributed by atoms with Gasteiger partial charge in [0.05, 0.1) is 12.1 Å². The van der Waals surface area contributed by atoms with Crippen molar-refractivity contribution >= 4 is 5.82 Å². The van der Waals surface area contributed by atoms with Crippen molar-refractivity contribution in [3.8, 4) is 6.07 Å². The minimum absolute atomic E-state index is 0.0682. The van der Waals surface area contributed by atoms with E-state index in [-0.39, 0.29) is 5.56 Å². The minimum Gasteiger partial charge on any atom is -0.367 e. The lowest BCUT2D eigenvalue weighted by molar-refractivity contribution is 0.148. The average Bonchev–Trinajstić information content (AvgIpc) is 2.66. The van der Waals surface area contributed by atoms with Crippen molar-refractivity contribution in [2.45, 2.75) is 31.8 Å². The van der Waals surface area contributed by atoms with Crippen LogP contribution in [0.5, 0.6) is 0 Å². The molecular formula is C18H22N6O. The molecule has 1 unspecified atom stereocenters. The molecule has 1 saturated heterocycles. The molecule has 3 rings (SSSR count). The number of anilines is 1. The third kappa shape index (κ3) is 4.43. The van der Waals surface area contributed by atoms with Crippen LogP contribution < -0.4 is 10.9 Å². The molecule has 2 aromatic heterocycles. The predicted molar refractivity (Wildman–Crippen MR) is 95.2 cm³/mol. The van der Waals surface area contributed by atoms with Crippen LogP contribution in [-0.4, -0.2) is 45.3 Å². The Morgan fingerprint density at radius 2 is 2.12 bits per heavy atom. The lowest BCUT2D eigenvalue weighted by Crippen LogP contribution is -2.45. The van der Waals surface area contributed by atoms with E-state index in [0.717, 1.165) is 26.1 Å². The molecule has 1 aliphatic rings. The predicted octanol–water partition coefficient (Wildman–Crippen LogP) is 1.48. The van der Waals surface area contributed by atoms with Crippen LogP contribution in [0.4, 0.5) is 5.82 Å². The third-order valence-electron chi connectivity index (χ3n) is 4.57. The van der Waals surface area contributed by atoms with Crippen LogP contribution >= 0.6 is 0 Å². The van der Waals surface area contributed by atoms with Gasteiger partial charge in [-0.05, 0) is 37.6 Å². The highest BCUT2D eigenvalue weighted by atomic mass is 16.1. The van der Waals surface area contributed by atoms with Crippen molar-refractivity contribution in [1.82, 2.24) is 19.7 Å². The second kappa shape index (κ2) is 8.40. The molecule has 1 N–H and O–H groups in total. The number of pyridine rings is 1. The molecule has 1 aliphatic heterocycles. The molecule has 0 amide bonds. The Labute approximate surface area is 146 Å². The van der Waals surface area contributed by atoms with Gasteiger partial charge in [-0.2, -0.15) is 10.4 Å². The Balaban J connectivity index is 1.60. The minimum atomic E-state index is -0.0682. The number of nitrogens with one attached hydrogen (secondary N) is 1. The molecule has 130 valence electrons. The first kappa shape index (κ1) is 17.1. The zero-order chi connectivity index (χ0) is 17.5. The van der Waals surface area contributed by atoms with Gasteiger partial charge in [-0.15, -0.1) is 0 Å². The summed E-state index contributed by atoms with van der Waals surface area (Å²) in [6.45, 7) is 3.13. The van der Waals surface area contributed by atoms with E-state index in [1.165, 1.54) is 23.6 Å². The number of nitriles is 1. The van der Waals surface area contributed by atoms with E-state index < -0.39 is 0 Å². The molecule has 7 nitrogen and oxygen atoms in total. The molecule has 1 atom stereocenters. The first-order chi connectivity index (χ1) is 12.3. The summed E-state index contributed by atoms with van der Waals surface area (Å²) in [4.78, 5) is 18.4. The van der Waals surface area contributed by atoms with Gasteiger partial charge in [0.2, 0.25) is 0 Å². The van der Waals surface area contributed by atoms with Crippen molar-refractivity contribution in [3.05, 3.63) is 52.6 Å². The van der Waals surface area contributed by atoms with Gasteiger partial charge >= 0.3 is 0 Å². The Morgan fingerprint density at radius 1 is 1.24 bits per heavy atom. The number of rotatable bonds is 6. The van der Waals surface area contributed by atoms with Gasteiger partial charge in [-0.3, -0.25) is 9.69 Å². The zero-order valence-electron chi connectivity index (χ0n) is 14.1. The molecule has 7 heteroatoms. The SMILES string of the molecule is N#Cc1cccnc1NCC1CCCCN1CCn1ncccc1=O. The molecule has 0 spiro atoms. The van der Waals surface area contributed by atoms with Crippen molar-refractivity contribution in [2.75, 3.05) is 25.0 Å². The highest BCUT2D eigenvalue weighted by Gasteiger charge is 2.22. The van der Waals surface area contributed by atoms with E-state index in [2.05, 4.69) is 26.4 Å². The lowest BCUT2D eigenvalue weighted by Gasteiger charge is -2.35. The van der Waals surface area contributed by atoms with E-state index in [0.29, 0.717) is 24.0 Å². The highest BCUT2D eigenvalue weighted by Crippen LogP contribution is 2.18. The van der Waals surface area contributed by atoms with Crippen molar-refractivity contribution in [3.63, 3.8) is 0 Å². The van der Waals surface area contributed by atoms with Gasteiger partial charge in [0.25, 0.3) is 5.56 Å². The molecular weight excluding hydrogens is 316 g/mol. The fraction of sp³-hybridized carbons (Fsp3) is 0.444. The van der Waals surface area contributed by atoms with Crippen LogP contribution in [-0.2, 0) is 6.54 Å². The Hall–Kier alpha value is -2.72. The summed E-state index contributed by atoms with van der Waals surface area (Å²) in [5.74, 6) is 0.636. The van der Waals surface area contributed by atoms with E-state index >= 15 is 0 Å². The Bertz CT molecular complexity index is 796. The first-order valence-corrected chi connectivity index (χ1v) is 8.63. The summed E-state index contributed by atoms with van der Waals surface area (Å²) < 4.78 is 1.51. The second-order valence-corrected chi connectivity index (χ2v) is 6.16. The number of hydrogen-bond donors (Lipinski definition) is 1. The van der Waals surface area contributed by atoms with Crippen LogP contribution in [0.15, 0.2) is 41.5 Å². The number of hydrogen-bond acceptors (Lipinski definition) is 6. The normalized spacial score (nSPS) is 17.8. The number of nitrogens with zero attached hydrogens (tertiary/aromatic N) is 5. The van der Waals surface area contributed by atoms with Gasteiger partial charge in [0, 0.05) is 37.6 Å². The van der Waals surface area contributed by atoms with Gasteiger partial charge in [-0.25, -0.2) is 9.67 Å². The summed E-state index contributed by atoms with van der Waals surface area (Å²) in [6, 6.07) is 9.25. The van der Waals surface area contributed by atoms with Crippen LogP contribution in [0.2, 0.25) is 0 Å². The molecule has 0 aromatic carbocycles. The summed E-state index contributed by atoms with van der Waals surface area (Å²) in [7, 11) is 0. The maximum absolute atomic E-state index is 11.8. The molecule has 0 saturated carbocycles. The quantitative estimate of drug-likeness (QED) is 0.858. The molecule has 2 aromatic rings. The number of piperidine rings is 1. The van der Waals surface area contributed by atoms with Gasteiger partial charge in [-0.1, -0.05) is 6.42 Å². The second-order valence-electron chi connectivity index (χ2n) is 6.16. The topological polar surface area (TPSA) is 86.8 Å². The molecule has 0 bridgehead atoms. The number of aromatic nitrogens is 3. The molecule has 0 radical (unpaired) electrons. The summed E-state index contributed by atoms with van der Waals surface area (Å²) >= 11 is 0. The Kier molecular flexibility index (Phi) is 5.75. The largest absolute Gasteiger partial charge is 0.367 e.